The van der Waals surface area contributed by atoms with Crippen LogP contribution in [0.2, 0.25) is 0 Å². The zero-order chi connectivity index (χ0) is 24.7. The molecule has 0 spiro atoms. The van der Waals surface area contributed by atoms with Crippen LogP contribution in [-0.2, 0) is 19.3 Å². The second-order valence-corrected chi connectivity index (χ2v) is 9.02. The Labute approximate surface area is 200 Å². The topological polar surface area (TPSA) is 39.8 Å². The highest BCUT2D eigenvalue weighted by Crippen LogP contribution is 2.31. The monoisotopic (exact) mass is 475 g/mol. The summed E-state index contributed by atoms with van der Waals surface area (Å²) in [7, 11) is 0. The summed E-state index contributed by atoms with van der Waals surface area (Å²) in [5.41, 5.74) is 3.39. The molecule has 4 nitrogen and oxygen atoms in total. The molecule has 0 aliphatic rings. The van der Waals surface area contributed by atoms with Crippen LogP contribution in [0.4, 0.5) is 13.2 Å². The average molecular weight is 476 g/mol. The van der Waals surface area contributed by atoms with Crippen LogP contribution < -0.4 is 5.56 Å². The molecule has 2 aromatic heterocycles. The molecule has 7 heteroatoms. The maximum atomic E-state index is 13.7. The third kappa shape index (κ3) is 4.34. The van der Waals surface area contributed by atoms with E-state index < -0.39 is 11.7 Å². The molecule has 5 aromatic rings. The van der Waals surface area contributed by atoms with Crippen molar-refractivity contribution in [2.24, 2.45) is 0 Å². The highest BCUT2D eigenvalue weighted by atomic mass is 19.4. The second kappa shape index (κ2) is 8.73. The number of halogens is 3. The highest BCUT2D eigenvalue weighted by molar-refractivity contribution is 6.05. The maximum absolute atomic E-state index is 13.7. The van der Waals surface area contributed by atoms with Crippen LogP contribution in [0.15, 0.2) is 83.9 Å². The smallest absolute Gasteiger partial charge is 0.330 e. The molecule has 0 amide bonds. The van der Waals surface area contributed by atoms with Crippen LogP contribution in [0, 0.1) is 6.92 Å². The molecule has 0 aliphatic carbocycles. The third-order valence-corrected chi connectivity index (χ3v) is 6.42. The van der Waals surface area contributed by atoms with Crippen molar-refractivity contribution in [1.82, 2.24) is 14.1 Å². The third-order valence-electron chi connectivity index (χ3n) is 6.42. The summed E-state index contributed by atoms with van der Waals surface area (Å²) in [5.74, 6) is 0.0803. The zero-order valence-corrected chi connectivity index (χ0v) is 19.4. The Morgan fingerprint density at radius 3 is 2.49 bits per heavy atom. The minimum atomic E-state index is -4.43. The minimum Gasteiger partial charge on any atom is -0.330 e. The number of rotatable bonds is 5. The van der Waals surface area contributed by atoms with Crippen molar-refractivity contribution in [1.29, 1.82) is 0 Å². The molecule has 35 heavy (non-hydrogen) atoms. The lowest BCUT2D eigenvalue weighted by atomic mass is 10.0. The first kappa shape index (κ1) is 22.9. The van der Waals surface area contributed by atoms with Gasteiger partial charge in [-0.25, -0.2) is 4.98 Å². The van der Waals surface area contributed by atoms with E-state index in [0.717, 1.165) is 34.2 Å². The molecule has 0 saturated heterocycles. The Hall–Kier alpha value is -3.87. The van der Waals surface area contributed by atoms with Gasteiger partial charge in [-0.1, -0.05) is 61.0 Å². The number of hydrogen-bond acceptors (Lipinski definition) is 2. The summed E-state index contributed by atoms with van der Waals surface area (Å²) in [6.45, 7) is 4.57. The van der Waals surface area contributed by atoms with Crippen molar-refractivity contribution in [2.45, 2.75) is 39.0 Å². The number of aryl methyl sites for hydroxylation is 1. The molecule has 5 rings (SSSR count). The molecule has 0 unspecified atom stereocenters. The van der Waals surface area contributed by atoms with Gasteiger partial charge in [0, 0.05) is 18.5 Å². The summed E-state index contributed by atoms with van der Waals surface area (Å²) < 4.78 is 43.3. The van der Waals surface area contributed by atoms with Crippen LogP contribution >= 0.6 is 0 Å². The first-order valence-electron chi connectivity index (χ1n) is 11.4. The minimum absolute atomic E-state index is 0.0803. The van der Waals surface area contributed by atoms with Gasteiger partial charge in [-0.15, -0.1) is 0 Å². The molecule has 0 aliphatic heterocycles. The molecule has 0 fully saturated rings. The van der Waals surface area contributed by atoms with Crippen LogP contribution in [-0.4, -0.2) is 14.1 Å². The Bertz CT molecular complexity index is 1580. The maximum Gasteiger partial charge on any atom is 0.416 e. The normalized spacial score (nSPS) is 12.9. The van der Waals surface area contributed by atoms with E-state index >= 15 is 0 Å². The lowest BCUT2D eigenvalue weighted by molar-refractivity contribution is -0.137. The Balaban J connectivity index is 1.65. The summed E-state index contributed by atoms with van der Waals surface area (Å²) in [5, 5.41) is 0.812. The van der Waals surface area contributed by atoms with E-state index in [2.05, 4.69) is 4.98 Å². The zero-order valence-electron chi connectivity index (χ0n) is 19.4. The lowest BCUT2D eigenvalue weighted by Gasteiger charge is -2.14. The van der Waals surface area contributed by atoms with E-state index in [1.54, 1.807) is 21.5 Å². The fraction of sp³-hybridized carbons (Fsp3) is 0.214. The van der Waals surface area contributed by atoms with Gasteiger partial charge in [0.05, 0.1) is 17.4 Å². The van der Waals surface area contributed by atoms with Crippen molar-refractivity contribution in [3.63, 3.8) is 0 Å². The highest BCUT2D eigenvalue weighted by Gasteiger charge is 2.30. The van der Waals surface area contributed by atoms with Gasteiger partial charge >= 0.3 is 6.18 Å². The Morgan fingerprint density at radius 2 is 1.74 bits per heavy atom. The van der Waals surface area contributed by atoms with E-state index in [-0.39, 0.29) is 18.0 Å². The molecule has 0 radical (unpaired) electrons. The number of aromatic nitrogens is 3. The number of benzene rings is 3. The molecule has 2 heterocycles. The predicted molar refractivity (Wildman–Crippen MR) is 132 cm³/mol. The van der Waals surface area contributed by atoms with Crippen LogP contribution in [0.5, 0.6) is 0 Å². The molecular formula is C28H24F3N3O. The van der Waals surface area contributed by atoms with Gasteiger partial charge in [-0.2, -0.15) is 13.2 Å². The first-order valence-corrected chi connectivity index (χ1v) is 11.4. The summed E-state index contributed by atoms with van der Waals surface area (Å²) in [6.07, 6.45) is -2.86. The van der Waals surface area contributed by atoms with Crippen molar-refractivity contribution in [3.8, 4) is 0 Å². The van der Waals surface area contributed by atoms with Gasteiger partial charge in [0.2, 0.25) is 0 Å². The number of hydrogen-bond donors (Lipinski definition) is 0. The van der Waals surface area contributed by atoms with Crippen molar-refractivity contribution < 1.29 is 13.2 Å². The number of fused-ring (bicyclic) bond motifs is 3. The van der Waals surface area contributed by atoms with E-state index in [9.17, 15) is 18.0 Å². The number of nitrogens with zero attached hydrogens (tertiary/aromatic N) is 3. The van der Waals surface area contributed by atoms with E-state index in [0.29, 0.717) is 23.1 Å². The molecule has 0 bridgehead atoms. The molecule has 1 atom stereocenters. The predicted octanol–water partition coefficient (Wildman–Crippen LogP) is 6.53. The lowest BCUT2D eigenvalue weighted by Crippen LogP contribution is -2.24. The van der Waals surface area contributed by atoms with Gasteiger partial charge in [-0.05, 0) is 48.2 Å². The fourth-order valence-electron chi connectivity index (χ4n) is 4.62. The van der Waals surface area contributed by atoms with Crippen molar-refractivity contribution in [3.05, 3.63) is 112 Å². The fourth-order valence-corrected chi connectivity index (χ4v) is 4.62. The van der Waals surface area contributed by atoms with Gasteiger partial charge < -0.3 is 4.57 Å². The Kier molecular flexibility index (Phi) is 5.71. The van der Waals surface area contributed by atoms with Gasteiger partial charge in [0.25, 0.3) is 5.56 Å². The van der Waals surface area contributed by atoms with E-state index in [4.69, 9.17) is 0 Å². The largest absolute Gasteiger partial charge is 0.416 e. The SMILES string of the molecule is Cc1ccc2c(c1)c1ncn(C[C@@H](C)c3ccccc3)c(=O)c1n2Cc1cccc(C(F)(F)F)c1. The van der Waals surface area contributed by atoms with E-state index in [1.807, 2.05) is 62.4 Å². The van der Waals surface area contributed by atoms with Gasteiger partial charge in [0.1, 0.15) is 11.0 Å². The van der Waals surface area contributed by atoms with Crippen molar-refractivity contribution in [2.75, 3.05) is 0 Å². The first-order chi connectivity index (χ1) is 16.7. The molecule has 178 valence electrons. The second-order valence-electron chi connectivity index (χ2n) is 9.02. The summed E-state index contributed by atoms with van der Waals surface area (Å²) in [6, 6.07) is 20.9. The molecule has 0 saturated carbocycles. The van der Waals surface area contributed by atoms with Crippen LogP contribution in [0.25, 0.3) is 21.9 Å². The molecular weight excluding hydrogens is 451 g/mol. The van der Waals surface area contributed by atoms with Crippen LogP contribution in [0.3, 0.4) is 0 Å². The van der Waals surface area contributed by atoms with Crippen LogP contribution in [0.1, 0.15) is 35.1 Å². The average Bonchev–Trinajstić information content (AvgIpc) is 3.14. The molecule has 0 N–H and O–H groups in total. The van der Waals surface area contributed by atoms with Crippen molar-refractivity contribution >= 4 is 21.9 Å². The summed E-state index contributed by atoms with van der Waals surface area (Å²) >= 11 is 0. The quantitative estimate of drug-likeness (QED) is 0.290. The van der Waals surface area contributed by atoms with Gasteiger partial charge in [0.15, 0.2) is 0 Å². The standard InChI is InChI=1S/C28H24F3N3O/c1-18-11-12-24-23(13-18)25-26(34(24)16-20-7-6-10-22(14-20)28(29,30)31)27(35)33(17-32-25)15-19(2)21-8-4-3-5-9-21/h3-14,17,19H,15-16H2,1-2H3/t19-/m1/s1. The van der Waals surface area contributed by atoms with E-state index in [1.165, 1.54) is 6.07 Å². The molecule has 3 aromatic carbocycles. The number of alkyl halides is 3. The van der Waals surface area contributed by atoms with Gasteiger partial charge in [-0.3, -0.25) is 9.36 Å². The summed E-state index contributed by atoms with van der Waals surface area (Å²) in [4.78, 5) is 18.3. The Morgan fingerprint density at radius 1 is 0.971 bits per heavy atom.